The number of anilines is 1. The molecule has 2 fully saturated rings. The summed E-state index contributed by atoms with van der Waals surface area (Å²) < 4.78 is 5.59. The Morgan fingerprint density at radius 1 is 1.26 bits per heavy atom. The van der Waals surface area contributed by atoms with Crippen LogP contribution in [0.15, 0.2) is 24.3 Å². The maximum atomic E-state index is 12.6. The molecule has 122 valence electrons. The summed E-state index contributed by atoms with van der Waals surface area (Å²) >= 11 is 0. The van der Waals surface area contributed by atoms with Crippen LogP contribution in [-0.2, 0) is 9.53 Å². The van der Waals surface area contributed by atoms with E-state index < -0.39 is 0 Å². The number of hydrogen-bond acceptors (Lipinski definition) is 3. The topological polar surface area (TPSA) is 67.0 Å². The molecule has 0 radical (unpaired) electrons. The van der Waals surface area contributed by atoms with Gasteiger partial charge in [-0.25, -0.2) is 4.98 Å². The number of para-hydroxylation sites is 2. The molecule has 1 spiro atoms. The van der Waals surface area contributed by atoms with Crippen molar-refractivity contribution >= 4 is 22.9 Å². The number of ether oxygens (including phenoxy) is 1. The minimum Gasteiger partial charge on any atom is -0.381 e. The van der Waals surface area contributed by atoms with Gasteiger partial charge in [-0.1, -0.05) is 12.1 Å². The fourth-order valence-corrected chi connectivity index (χ4v) is 4.18. The summed E-state index contributed by atoms with van der Waals surface area (Å²) in [6.45, 7) is 1.72. The van der Waals surface area contributed by atoms with Gasteiger partial charge in [0.1, 0.15) is 0 Å². The number of aromatic nitrogens is 2. The zero-order valence-corrected chi connectivity index (χ0v) is 13.3. The maximum Gasteiger partial charge on any atom is 0.229 e. The quantitative estimate of drug-likeness (QED) is 0.892. The Labute approximate surface area is 135 Å². The van der Waals surface area contributed by atoms with Crippen molar-refractivity contribution in [3.05, 3.63) is 24.3 Å². The van der Waals surface area contributed by atoms with Gasteiger partial charge >= 0.3 is 0 Å². The molecule has 1 saturated heterocycles. The predicted octanol–water partition coefficient (Wildman–Crippen LogP) is 3.49. The van der Waals surface area contributed by atoms with Gasteiger partial charge in [-0.05, 0) is 56.1 Å². The lowest BCUT2D eigenvalue weighted by atomic mass is 9.78. The van der Waals surface area contributed by atoms with E-state index in [0.29, 0.717) is 11.4 Å². The molecule has 1 unspecified atom stereocenters. The molecule has 1 aliphatic carbocycles. The van der Waals surface area contributed by atoms with E-state index in [2.05, 4.69) is 15.3 Å². The fourth-order valence-electron chi connectivity index (χ4n) is 4.18. The summed E-state index contributed by atoms with van der Waals surface area (Å²) in [5, 5.41) is 2.97. The lowest BCUT2D eigenvalue weighted by Gasteiger charge is -2.26. The zero-order chi connectivity index (χ0) is 15.7. The van der Waals surface area contributed by atoms with Crippen molar-refractivity contribution in [2.45, 2.75) is 38.5 Å². The molecule has 1 aromatic carbocycles. The number of carbonyl (C=O) groups excluding carboxylic acids is 1. The van der Waals surface area contributed by atoms with Crippen LogP contribution in [0.25, 0.3) is 11.0 Å². The third-order valence-electron chi connectivity index (χ3n) is 5.48. The van der Waals surface area contributed by atoms with Gasteiger partial charge in [0.2, 0.25) is 11.9 Å². The first-order valence-electron chi connectivity index (χ1n) is 8.58. The fraction of sp³-hybridized carbons (Fsp3) is 0.556. The molecule has 2 aromatic rings. The summed E-state index contributed by atoms with van der Waals surface area (Å²) in [4.78, 5) is 20.2. The minimum atomic E-state index is 0.0984. The summed E-state index contributed by atoms with van der Waals surface area (Å²) in [6.07, 6.45) is 6.53. The first kappa shape index (κ1) is 14.7. The first-order valence-corrected chi connectivity index (χ1v) is 8.58. The number of amides is 1. The van der Waals surface area contributed by atoms with Gasteiger partial charge in [-0.2, -0.15) is 0 Å². The Morgan fingerprint density at radius 2 is 2.17 bits per heavy atom. The van der Waals surface area contributed by atoms with Gasteiger partial charge in [0.15, 0.2) is 0 Å². The summed E-state index contributed by atoms with van der Waals surface area (Å²) in [6, 6.07) is 7.82. The first-order chi connectivity index (χ1) is 11.2. The summed E-state index contributed by atoms with van der Waals surface area (Å²) in [7, 11) is 0. The third-order valence-corrected chi connectivity index (χ3v) is 5.48. The molecule has 23 heavy (non-hydrogen) atoms. The van der Waals surface area contributed by atoms with E-state index in [0.717, 1.165) is 56.4 Å². The Kier molecular flexibility index (Phi) is 3.81. The van der Waals surface area contributed by atoms with Crippen molar-refractivity contribution in [3.63, 3.8) is 0 Å². The highest BCUT2D eigenvalue weighted by atomic mass is 16.5. The number of nitrogens with one attached hydrogen (secondary N) is 2. The van der Waals surface area contributed by atoms with Crippen molar-refractivity contribution in [3.8, 4) is 0 Å². The van der Waals surface area contributed by atoms with Crippen molar-refractivity contribution in [1.82, 2.24) is 9.97 Å². The van der Waals surface area contributed by atoms with Gasteiger partial charge in [0.05, 0.1) is 11.0 Å². The van der Waals surface area contributed by atoms with Crippen molar-refractivity contribution in [2.24, 2.45) is 11.3 Å². The second-order valence-electron chi connectivity index (χ2n) is 7.00. The summed E-state index contributed by atoms with van der Waals surface area (Å²) in [5.41, 5.74) is 2.16. The molecular weight excluding hydrogens is 290 g/mol. The molecule has 4 rings (SSSR count). The number of nitrogens with zero attached hydrogens (tertiary/aromatic N) is 1. The van der Waals surface area contributed by atoms with Crippen LogP contribution in [0.1, 0.15) is 38.5 Å². The number of hydrogen-bond donors (Lipinski definition) is 2. The van der Waals surface area contributed by atoms with Crippen LogP contribution in [0.5, 0.6) is 0 Å². The van der Waals surface area contributed by atoms with E-state index in [9.17, 15) is 4.79 Å². The van der Waals surface area contributed by atoms with Crippen molar-refractivity contribution in [2.75, 3.05) is 18.5 Å². The molecule has 5 heteroatoms. The van der Waals surface area contributed by atoms with Crippen LogP contribution in [-0.4, -0.2) is 29.1 Å². The molecule has 2 aliphatic rings. The molecule has 1 amide bonds. The lowest BCUT2D eigenvalue weighted by Crippen LogP contribution is -2.24. The predicted molar refractivity (Wildman–Crippen MR) is 89.2 cm³/mol. The molecule has 5 nitrogen and oxygen atoms in total. The van der Waals surface area contributed by atoms with Crippen LogP contribution < -0.4 is 5.32 Å². The highest BCUT2D eigenvalue weighted by Crippen LogP contribution is 2.48. The van der Waals surface area contributed by atoms with Gasteiger partial charge in [-0.3, -0.25) is 10.1 Å². The zero-order valence-electron chi connectivity index (χ0n) is 13.3. The highest BCUT2D eigenvalue weighted by molar-refractivity contribution is 5.92. The summed E-state index contributed by atoms with van der Waals surface area (Å²) in [5.74, 6) is 0.758. The Bertz CT molecular complexity index is 668. The largest absolute Gasteiger partial charge is 0.381 e. The minimum absolute atomic E-state index is 0.0984. The van der Waals surface area contributed by atoms with E-state index in [1.807, 2.05) is 24.3 Å². The van der Waals surface area contributed by atoms with Gasteiger partial charge in [-0.15, -0.1) is 0 Å². The van der Waals surface area contributed by atoms with Gasteiger partial charge in [0, 0.05) is 19.1 Å². The maximum absolute atomic E-state index is 12.6. The van der Waals surface area contributed by atoms with Crippen molar-refractivity contribution in [1.29, 1.82) is 0 Å². The number of imidazole rings is 1. The third kappa shape index (κ3) is 2.98. The van der Waals surface area contributed by atoms with Crippen LogP contribution in [0, 0.1) is 11.3 Å². The monoisotopic (exact) mass is 313 g/mol. The van der Waals surface area contributed by atoms with E-state index >= 15 is 0 Å². The molecule has 0 bridgehead atoms. The van der Waals surface area contributed by atoms with Crippen molar-refractivity contribution < 1.29 is 9.53 Å². The molecule has 1 aromatic heterocycles. The van der Waals surface area contributed by atoms with Gasteiger partial charge in [0.25, 0.3) is 0 Å². The smallest absolute Gasteiger partial charge is 0.229 e. The average Bonchev–Trinajstić information content (AvgIpc) is 3.07. The van der Waals surface area contributed by atoms with Crippen LogP contribution in [0.2, 0.25) is 0 Å². The van der Waals surface area contributed by atoms with E-state index in [4.69, 9.17) is 4.74 Å². The highest BCUT2D eigenvalue weighted by Gasteiger charge is 2.41. The number of rotatable bonds is 2. The lowest BCUT2D eigenvalue weighted by molar-refractivity contribution is -0.120. The molecule has 1 saturated carbocycles. The number of benzene rings is 1. The SMILES string of the molecule is O=C(Nc1nc2ccccc2[nH]1)C1CC[C@]2(CCCOCC2)C1. The number of carbonyl (C=O) groups is 1. The molecule has 2 atom stereocenters. The van der Waals surface area contributed by atoms with Crippen LogP contribution >= 0.6 is 0 Å². The molecule has 2 N–H and O–H groups in total. The Hall–Kier alpha value is -1.88. The van der Waals surface area contributed by atoms with E-state index in [1.54, 1.807) is 0 Å². The Balaban J connectivity index is 1.43. The van der Waals surface area contributed by atoms with E-state index in [1.165, 1.54) is 6.42 Å². The second-order valence-corrected chi connectivity index (χ2v) is 7.00. The Morgan fingerprint density at radius 3 is 3.09 bits per heavy atom. The van der Waals surface area contributed by atoms with Crippen LogP contribution in [0.4, 0.5) is 5.95 Å². The van der Waals surface area contributed by atoms with Crippen LogP contribution in [0.3, 0.4) is 0 Å². The molecule has 2 heterocycles. The number of fused-ring (bicyclic) bond motifs is 1. The van der Waals surface area contributed by atoms with Gasteiger partial charge < -0.3 is 9.72 Å². The normalized spacial score (nSPS) is 28.1. The number of aromatic amines is 1. The van der Waals surface area contributed by atoms with E-state index in [-0.39, 0.29) is 11.8 Å². The molecular formula is C18H23N3O2. The number of H-pyrrole nitrogens is 1. The standard InChI is InChI=1S/C18H23N3O2/c22-16(21-17-19-14-4-1-2-5-15(14)20-17)13-6-8-18(12-13)7-3-10-23-11-9-18/h1-2,4-5,13H,3,6-12H2,(H2,19,20,21,22)/t13?,18-/m0/s1. The molecule has 1 aliphatic heterocycles. The second kappa shape index (κ2) is 5.96. The average molecular weight is 313 g/mol.